The summed E-state index contributed by atoms with van der Waals surface area (Å²) in [4.78, 5) is 4.38. The molecule has 13 heavy (non-hydrogen) atoms. The lowest BCUT2D eigenvalue weighted by molar-refractivity contribution is 0.861. The fourth-order valence-corrected chi connectivity index (χ4v) is 1.89. The first-order valence-corrected chi connectivity index (χ1v) is 4.94. The Morgan fingerprint density at radius 3 is 3.08 bits per heavy atom. The molecule has 2 N–H and O–H groups in total. The topological polar surface area (TPSA) is 43.3 Å². The number of rotatable bonds is 2. The first kappa shape index (κ1) is 8.72. The van der Waals surface area contributed by atoms with E-state index in [1.165, 1.54) is 0 Å². The minimum Gasteiger partial charge on any atom is -0.330 e. The highest BCUT2D eigenvalue weighted by Gasteiger charge is 2.06. The number of aromatic nitrogens is 2. The zero-order valence-corrected chi connectivity index (χ0v) is 8.66. The van der Waals surface area contributed by atoms with Crippen molar-refractivity contribution in [2.75, 3.05) is 6.54 Å². The van der Waals surface area contributed by atoms with Crippen LogP contribution in [0.4, 0.5) is 0 Å². The van der Waals surface area contributed by atoms with Gasteiger partial charge in [-0.05, 0) is 34.6 Å². The molecule has 0 saturated heterocycles. The second kappa shape index (κ2) is 3.47. The quantitative estimate of drug-likeness (QED) is 0.866. The highest BCUT2D eigenvalue weighted by molar-refractivity contribution is 9.10. The molecule has 2 aromatic heterocycles. The lowest BCUT2D eigenvalue weighted by Gasteiger charge is -1.97. The second-order valence-electron chi connectivity index (χ2n) is 2.81. The van der Waals surface area contributed by atoms with Gasteiger partial charge in [-0.1, -0.05) is 6.07 Å². The molecule has 0 amide bonds. The Labute approximate surface area is 84.7 Å². The van der Waals surface area contributed by atoms with Crippen molar-refractivity contribution in [3.63, 3.8) is 0 Å². The van der Waals surface area contributed by atoms with Gasteiger partial charge in [-0.25, -0.2) is 4.98 Å². The predicted molar refractivity (Wildman–Crippen MR) is 55.7 cm³/mol. The molecular formula is C9H10BrN3. The second-order valence-corrected chi connectivity index (χ2v) is 3.56. The molecule has 3 nitrogen and oxygen atoms in total. The minimum atomic E-state index is 0.625. The number of hydrogen-bond acceptors (Lipinski definition) is 2. The Hall–Kier alpha value is -0.870. The minimum absolute atomic E-state index is 0.625. The van der Waals surface area contributed by atoms with Crippen LogP contribution in [0.3, 0.4) is 0 Å². The molecule has 0 saturated carbocycles. The van der Waals surface area contributed by atoms with Crippen molar-refractivity contribution in [1.82, 2.24) is 9.38 Å². The van der Waals surface area contributed by atoms with E-state index < -0.39 is 0 Å². The van der Waals surface area contributed by atoms with Crippen molar-refractivity contribution in [2.45, 2.75) is 6.42 Å². The van der Waals surface area contributed by atoms with Crippen molar-refractivity contribution in [1.29, 1.82) is 0 Å². The monoisotopic (exact) mass is 239 g/mol. The number of nitrogens with two attached hydrogens (primary N) is 1. The molecule has 0 radical (unpaired) electrons. The number of pyridine rings is 1. The van der Waals surface area contributed by atoms with Crippen molar-refractivity contribution in [2.24, 2.45) is 5.73 Å². The van der Waals surface area contributed by atoms with Crippen LogP contribution in [0, 0.1) is 0 Å². The number of hydrogen-bond donors (Lipinski definition) is 1. The highest BCUT2D eigenvalue weighted by Crippen LogP contribution is 2.18. The van der Waals surface area contributed by atoms with E-state index in [4.69, 9.17) is 5.73 Å². The first-order chi connectivity index (χ1) is 6.33. The predicted octanol–water partition coefficient (Wildman–Crippen LogP) is 1.60. The molecule has 4 heteroatoms. The van der Waals surface area contributed by atoms with Crippen LogP contribution in [-0.4, -0.2) is 15.9 Å². The van der Waals surface area contributed by atoms with E-state index in [1.54, 1.807) is 0 Å². The summed E-state index contributed by atoms with van der Waals surface area (Å²) in [6.07, 6.45) is 2.80. The maximum Gasteiger partial charge on any atom is 0.132 e. The van der Waals surface area contributed by atoms with Crippen molar-refractivity contribution >= 4 is 21.4 Å². The average molecular weight is 240 g/mol. The number of halogens is 1. The normalized spacial score (nSPS) is 10.9. The third-order valence-corrected chi connectivity index (χ3v) is 2.53. The summed E-state index contributed by atoms with van der Waals surface area (Å²) < 4.78 is 2.94. The van der Waals surface area contributed by atoms with Crippen LogP contribution in [0.5, 0.6) is 0 Å². The lowest BCUT2D eigenvalue weighted by atomic mass is 10.4. The van der Waals surface area contributed by atoms with Crippen LogP contribution in [0.15, 0.2) is 29.0 Å². The third kappa shape index (κ3) is 1.47. The molecule has 0 aliphatic rings. The van der Waals surface area contributed by atoms with Crippen molar-refractivity contribution in [3.05, 3.63) is 34.8 Å². The molecular weight excluding hydrogens is 230 g/mol. The summed E-state index contributed by atoms with van der Waals surface area (Å²) >= 11 is 3.41. The van der Waals surface area contributed by atoms with E-state index in [1.807, 2.05) is 24.4 Å². The third-order valence-electron chi connectivity index (χ3n) is 1.94. The van der Waals surface area contributed by atoms with Gasteiger partial charge in [-0.15, -0.1) is 0 Å². The van der Waals surface area contributed by atoms with Gasteiger partial charge in [0.25, 0.3) is 0 Å². The fourth-order valence-electron chi connectivity index (χ4n) is 1.37. The highest BCUT2D eigenvalue weighted by atomic mass is 79.9. The van der Waals surface area contributed by atoms with E-state index in [9.17, 15) is 0 Å². The Morgan fingerprint density at radius 1 is 1.46 bits per heavy atom. The summed E-state index contributed by atoms with van der Waals surface area (Å²) in [6.45, 7) is 0.625. The number of nitrogens with zero attached hydrogens (tertiary/aromatic N) is 2. The summed E-state index contributed by atoms with van der Waals surface area (Å²) in [5, 5.41) is 0. The smallest absolute Gasteiger partial charge is 0.132 e. The first-order valence-electron chi connectivity index (χ1n) is 4.14. The van der Waals surface area contributed by atoms with E-state index >= 15 is 0 Å². The van der Waals surface area contributed by atoms with Crippen LogP contribution in [-0.2, 0) is 6.42 Å². The van der Waals surface area contributed by atoms with Crippen LogP contribution in [0.25, 0.3) is 5.52 Å². The number of fused-ring (bicyclic) bond motifs is 1. The largest absolute Gasteiger partial charge is 0.330 e. The molecule has 2 heterocycles. The van der Waals surface area contributed by atoms with Gasteiger partial charge in [0.1, 0.15) is 10.4 Å². The fraction of sp³-hybridized carbons (Fsp3) is 0.222. The molecule has 0 unspecified atom stereocenters. The van der Waals surface area contributed by atoms with Crippen LogP contribution >= 0.6 is 15.9 Å². The number of imidazole rings is 1. The van der Waals surface area contributed by atoms with E-state index in [-0.39, 0.29) is 0 Å². The average Bonchev–Trinajstić information content (AvgIpc) is 2.46. The Morgan fingerprint density at radius 2 is 2.31 bits per heavy atom. The van der Waals surface area contributed by atoms with Gasteiger partial charge in [-0.3, -0.25) is 0 Å². The summed E-state index contributed by atoms with van der Waals surface area (Å²) in [5.74, 6) is 1.00. The van der Waals surface area contributed by atoms with Gasteiger partial charge >= 0.3 is 0 Å². The zero-order valence-electron chi connectivity index (χ0n) is 7.07. The molecule has 2 rings (SSSR count). The Bertz CT molecular complexity index is 422. The summed E-state index contributed by atoms with van der Waals surface area (Å²) in [6, 6.07) is 6.01. The molecule has 0 aliphatic carbocycles. The maximum absolute atomic E-state index is 5.49. The Balaban J connectivity index is 2.63. The summed E-state index contributed by atoms with van der Waals surface area (Å²) in [5.41, 5.74) is 6.58. The molecule has 0 bridgehead atoms. The van der Waals surface area contributed by atoms with Crippen LogP contribution < -0.4 is 5.73 Å². The van der Waals surface area contributed by atoms with Crippen LogP contribution in [0.1, 0.15) is 5.82 Å². The molecule has 2 aromatic rings. The summed E-state index contributed by atoms with van der Waals surface area (Å²) in [7, 11) is 0. The van der Waals surface area contributed by atoms with E-state index in [0.717, 1.165) is 22.4 Å². The van der Waals surface area contributed by atoms with Gasteiger partial charge in [0.05, 0.1) is 5.52 Å². The molecule has 0 fully saturated rings. The standard InChI is InChI=1S/C9H10BrN3/c10-9-7-3-1-2-6-13(7)8(12-9)4-5-11/h1-3,6H,4-5,11H2. The van der Waals surface area contributed by atoms with Gasteiger partial charge in [0, 0.05) is 12.6 Å². The van der Waals surface area contributed by atoms with E-state index in [2.05, 4.69) is 25.3 Å². The molecule has 68 valence electrons. The van der Waals surface area contributed by atoms with Gasteiger partial charge in [0.15, 0.2) is 0 Å². The van der Waals surface area contributed by atoms with Gasteiger partial charge < -0.3 is 10.1 Å². The molecule has 0 atom stereocenters. The maximum atomic E-state index is 5.49. The molecule has 0 aromatic carbocycles. The van der Waals surface area contributed by atoms with Gasteiger partial charge in [0.2, 0.25) is 0 Å². The van der Waals surface area contributed by atoms with Crippen LogP contribution in [0.2, 0.25) is 0 Å². The lowest BCUT2D eigenvalue weighted by Crippen LogP contribution is -2.05. The molecule has 0 aliphatic heterocycles. The Kier molecular flexibility index (Phi) is 2.33. The zero-order chi connectivity index (χ0) is 9.26. The molecule has 0 spiro atoms. The SMILES string of the molecule is NCCc1nc(Br)c2ccccn12. The van der Waals surface area contributed by atoms with Crippen molar-refractivity contribution < 1.29 is 0 Å². The van der Waals surface area contributed by atoms with Crippen molar-refractivity contribution in [3.8, 4) is 0 Å². The van der Waals surface area contributed by atoms with Gasteiger partial charge in [-0.2, -0.15) is 0 Å². The van der Waals surface area contributed by atoms with E-state index in [0.29, 0.717) is 6.54 Å².